The fraction of sp³-hybridized carbons (Fsp3) is 0.300. The number of rotatable bonds is 4. The number of nitrogens with one attached hydrogen (secondary N) is 2. The van der Waals surface area contributed by atoms with Crippen molar-refractivity contribution in [1.29, 1.82) is 0 Å². The van der Waals surface area contributed by atoms with Crippen molar-refractivity contribution in [2.24, 2.45) is 5.73 Å². The SMILES string of the molecule is NC1COCCC1Nc1nc(C=Cc2ccc(Cl)cc2)c2c(c1F)CNC2=O. The molecule has 28 heavy (non-hydrogen) atoms. The van der Waals surface area contributed by atoms with Gasteiger partial charge in [-0.15, -0.1) is 0 Å². The van der Waals surface area contributed by atoms with E-state index in [0.717, 1.165) is 5.56 Å². The van der Waals surface area contributed by atoms with Crippen molar-refractivity contribution in [2.75, 3.05) is 18.5 Å². The molecule has 0 saturated carbocycles. The summed E-state index contributed by atoms with van der Waals surface area (Å²) < 4.78 is 20.3. The van der Waals surface area contributed by atoms with E-state index in [4.69, 9.17) is 22.1 Å². The van der Waals surface area contributed by atoms with E-state index in [2.05, 4.69) is 15.6 Å². The van der Waals surface area contributed by atoms with E-state index in [9.17, 15) is 9.18 Å². The van der Waals surface area contributed by atoms with Crippen LogP contribution in [-0.4, -0.2) is 36.2 Å². The lowest BCUT2D eigenvalue weighted by atomic mass is 10.0. The highest BCUT2D eigenvalue weighted by Gasteiger charge is 2.30. The minimum atomic E-state index is -0.518. The van der Waals surface area contributed by atoms with Gasteiger partial charge < -0.3 is 21.1 Å². The van der Waals surface area contributed by atoms with Crippen molar-refractivity contribution in [3.63, 3.8) is 0 Å². The van der Waals surface area contributed by atoms with E-state index < -0.39 is 5.82 Å². The molecular weight excluding hydrogens is 383 g/mol. The molecule has 3 heterocycles. The minimum absolute atomic E-state index is 0.105. The quantitative estimate of drug-likeness (QED) is 0.731. The predicted molar refractivity (Wildman–Crippen MR) is 107 cm³/mol. The van der Waals surface area contributed by atoms with Crippen molar-refractivity contribution in [3.05, 3.63) is 57.5 Å². The molecule has 6 nitrogen and oxygen atoms in total. The zero-order chi connectivity index (χ0) is 19.7. The van der Waals surface area contributed by atoms with E-state index in [0.29, 0.717) is 35.9 Å². The Hall–Kier alpha value is -2.48. The Morgan fingerprint density at radius 1 is 1.32 bits per heavy atom. The Morgan fingerprint density at radius 2 is 2.11 bits per heavy atom. The number of carbonyl (C=O) groups excluding carboxylic acids is 1. The minimum Gasteiger partial charge on any atom is -0.380 e. The fourth-order valence-corrected chi connectivity index (χ4v) is 3.52. The summed E-state index contributed by atoms with van der Waals surface area (Å²) in [6, 6.07) is 6.85. The number of benzene rings is 1. The monoisotopic (exact) mass is 402 g/mol. The largest absolute Gasteiger partial charge is 0.380 e. The number of fused-ring (bicyclic) bond motifs is 1. The average molecular weight is 403 g/mol. The second-order valence-corrected chi connectivity index (χ2v) is 7.30. The maximum atomic E-state index is 15.0. The summed E-state index contributed by atoms with van der Waals surface area (Å²) >= 11 is 5.91. The van der Waals surface area contributed by atoms with Crippen LogP contribution >= 0.6 is 11.6 Å². The maximum absolute atomic E-state index is 15.0. The molecule has 0 bridgehead atoms. The van der Waals surface area contributed by atoms with Gasteiger partial charge in [-0.3, -0.25) is 4.79 Å². The van der Waals surface area contributed by atoms with Crippen LogP contribution in [0.4, 0.5) is 10.2 Å². The van der Waals surface area contributed by atoms with Crippen LogP contribution in [0.15, 0.2) is 24.3 Å². The van der Waals surface area contributed by atoms with Crippen LogP contribution in [0.1, 0.15) is 33.6 Å². The van der Waals surface area contributed by atoms with Gasteiger partial charge in [-0.1, -0.05) is 29.8 Å². The summed E-state index contributed by atoms with van der Waals surface area (Å²) in [7, 11) is 0. The van der Waals surface area contributed by atoms with E-state index in [1.807, 2.05) is 18.2 Å². The maximum Gasteiger partial charge on any atom is 0.254 e. The molecule has 1 fully saturated rings. The van der Waals surface area contributed by atoms with Crippen LogP contribution in [-0.2, 0) is 11.3 Å². The first-order chi connectivity index (χ1) is 13.5. The third-order valence-corrected chi connectivity index (χ3v) is 5.19. The van der Waals surface area contributed by atoms with Gasteiger partial charge >= 0.3 is 0 Å². The lowest BCUT2D eigenvalue weighted by molar-refractivity contribution is 0.0751. The molecule has 2 aromatic rings. The van der Waals surface area contributed by atoms with Gasteiger partial charge in [0.2, 0.25) is 0 Å². The zero-order valence-corrected chi connectivity index (χ0v) is 15.8. The number of nitrogens with two attached hydrogens (primary N) is 1. The summed E-state index contributed by atoms with van der Waals surface area (Å²) in [5.41, 5.74) is 7.95. The molecule has 1 aromatic heterocycles. The Balaban J connectivity index is 1.69. The van der Waals surface area contributed by atoms with Crippen LogP contribution in [0.3, 0.4) is 0 Å². The first-order valence-electron chi connectivity index (χ1n) is 9.07. The van der Waals surface area contributed by atoms with E-state index in [1.165, 1.54) is 0 Å². The van der Waals surface area contributed by atoms with Crippen LogP contribution < -0.4 is 16.4 Å². The van der Waals surface area contributed by atoms with Gasteiger partial charge in [0.25, 0.3) is 5.91 Å². The molecule has 1 saturated heterocycles. The number of pyridine rings is 1. The number of halogens is 2. The molecule has 2 unspecified atom stereocenters. The van der Waals surface area contributed by atoms with E-state index in [-0.39, 0.29) is 35.9 Å². The molecule has 1 aromatic carbocycles. The van der Waals surface area contributed by atoms with Crippen LogP contribution in [0, 0.1) is 5.82 Å². The number of anilines is 1. The standard InChI is InChI=1S/C20H20ClFN4O2/c21-12-4-1-11(2-5-12)3-6-16-17-13(9-24-20(17)27)18(22)19(26-16)25-15-7-8-28-10-14(15)23/h1-6,14-15H,7-10,23H2,(H,24,27)(H,25,26). The highest BCUT2D eigenvalue weighted by atomic mass is 35.5. The topological polar surface area (TPSA) is 89.3 Å². The van der Waals surface area contributed by atoms with Gasteiger partial charge in [-0.2, -0.15) is 0 Å². The third kappa shape index (κ3) is 3.73. The number of carbonyl (C=O) groups is 1. The highest BCUT2D eigenvalue weighted by molar-refractivity contribution is 6.30. The third-order valence-electron chi connectivity index (χ3n) is 4.94. The number of ether oxygens (including phenoxy) is 1. The molecule has 2 aliphatic rings. The Morgan fingerprint density at radius 3 is 2.86 bits per heavy atom. The first kappa shape index (κ1) is 18.9. The van der Waals surface area contributed by atoms with Crippen molar-refractivity contribution in [3.8, 4) is 0 Å². The van der Waals surface area contributed by atoms with Gasteiger partial charge in [0.05, 0.1) is 17.9 Å². The molecule has 0 spiro atoms. The molecular formula is C20H20ClFN4O2. The predicted octanol–water partition coefficient (Wildman–Crippen LogP) is 2.82. The van der Waals surface area contributed by atoms with Gasteiger partial charge in [0.15, 0.2) is 11.6 Å². The second-order valence-electron chi connectivity index (χ2n) is 6.86. The van der Waals surface area contributed by atoms with Gasteiger partial charge in [0, 0.05) is 35.8 Å². The second kappa shape index (κ2) is 7.87. The molecule has 2 atom stereocenters. The van der Waals surface area contributed by atoms with Crippen molar-refractivity contribution < 1.29 is 13.9 Å². The number of hydrogen-bond acceptors (Lipinski definition) is 5. The Kier molecular flexibility index (Phi) is 5.30. The summed E-state index contributed by atoms with van der Waals surface area (Å²) in [6.45, 7) is 1.10. The van der Waals surface area contributed by atoms with Crippen molar-refractivity contribution >= 4 is 35.5 Å². The Bertz CT molecular complexity index is 933. The smallest absolute Gasteiger partial charge is 0.254 e. The van der Waals surface area contributed by atoms with Crippen molar-refractivity contribution in [2.45, 2.75) is 25.0 Å². The molecule has 0 aliphatic carbocycles. The molecule has 8 heteroatoms. The summed E-state index contributed by atoms with van der Waals surface area (Å²) in [5.74, 6) is -0.740. The molecule has 146 valence electrons. The highest BCUT2D eigenvalue weighted by Crippen LogP contribution is 2.29. The van der Waals surface area contributed by atoms with E-state index in [1.54, 1.807) is 18.2 Å². The lowest BCUT2D eigenvalue weighted by Crippen LogP contribution is -2.48. The average Bonchev–Trinajstić information content (AvgIpc) is 3.08. The van der Waals surface area contributed by atoms with Crippen LogP contribution in [0.25, 0.3) is 12.2 Å². The normalized spacial score (nSPS) is 21.6. The number of nitrogens with zero attached hydrogens (tertiary/aromatic N) is 1. The molecule has 1 amide bonds. The summed E-state index contributed by atoms with van der Waals surface area (Å²) in [5, 5.41) is 6.41. The van der Waals surface area contributed by atoms with Gasteiger partial charge in [-0.05, 0) is 30.2 Å². The summed E-state index contributed by atoms with van der Waals surface area (Å²) in [4.78, 5) is 16.6. The molecule has 2 aliphatic heterocycles. The molecule has 4 rings (SSSR count). The van der Waals surface area contributed by atoms with Gasteiger partial charge in [-0.25, -0.2) is 9.37 Å². The Labute approximate surface area is 166 Å². The lowest BCUT2D eigenvalue weighted by Gasteiger charge is -2.30. The molecule has 4 N–H and O–H groups in total. The van der Waals surface area contributed by atoms with Gasteiger partial charge in [0.1, 0.15) is 0 Å². The van der Waals surface area contributed by atoms with Crippen molar-refractivity contribution in [1.82, 2.24) is 10.3 Å². The number of amides is 1. The van der Waals surface area contributed by atoms with E-state index >= 15 is 0 Å². The van der Waals surface area contributed by atoms with Crippen LogP contribution in [0.2, 0.25) is 5.02 Å². The summed E-state index contributed by atoms with van der Waals surface area (Å²) in [6.07, 6.45) is 4.18. The number of aromatic nitrogens is 1. The number of hydrogen-bond donors (Lipinski definition) is 3. The van der Waals surface area contributed by atoms with Crippen LogP contribution in [0.5, 0.6) is 0 Å². The fourth-order valence-electron chi connectivity index (χ4n) is 3.39. The zero-order valence-electron chi connectivity index (χ0n) is 15.0. The first-order valence-corrected chi connectivity index (χ1v) is 9.45. The molecule has 0 radical (unpaired) electrons.